The molecule has 0 bridgehead atoms. The predicted molar refractivity (Wildman–Crippen MR) is 245 cm³/mol. The molecule has 0 radical (unpaired) electrons. The van der Waals surface area contributed by atoms with Crippen molar-refractivity contribution in [2.75, 3.05) is 4.90 Å². The fourth-order valence-corrected chi connectivity index (χ4v) is 9.96. The molecule has 2 aliphatic heterocycles. The van der Waals surface area contributed by atoms with Crippen LogP contribution in [-0.2, 0) is 5.41 Å². The van der Waals surface area contributed by atoms with Gasteiger partial charge < -0.3 is 14.4 Å². The molecule has 2 heterocycles. The third-order valence-corrected chi connectivity index (χ3v) is 12.7. The van der Waals surface area contributed by atoms with E-state index in [2.05, 4.69) is 207 Å². The lowest BCUT2D eigenvalue weighted by molar-refractivity contribution is 0.464. The van der Waals surface area contributed by atoms with Crippen molar-refractivity contribution in [3.05, 3.63) is 205 Å². The van der Waals surface area contributed by atoms with Crippen LogP contribution in [0.1, 0.15) is 25.0 Å². The fraction of sp³-hybridized carbons (Fsp3) is 0.0545. The molecular weight excluding hydrogens is 717 g/mol. The van der Waals surface area contributed by atoms with Crippen LogP contribution in [0.15, 0.2) is 194 Å². The maximum atomic E-state index is 6.84. The second-order valence-corrected chi connectivity index (χ2v) is 16.4. The third-order valence-electron chi connectivity index (χ3n) is 12.7. The van der Waals surface area contributed by atoms with E-state index < -0.39 is 0 Å². The lowest BCUT2D eigenvalue weighted by Gasteiger charge is -2.33. The molecule has 12 rings (SSSR count). The summed E-state index contributed by atoms with van der Waals surface area (Å²) in [5.41, 5.74) is 16.3. The Morgan fingerprint density at radius 2 is 0.966 bits per heavy atom. The average Bonchev–Trinajstić information content (AvgIpc) is 3.51. The van der Waals surface area contributed by atoms with Gasteiger partial charge >= 0.3 is 0 Å². The van der Waals surface area contributed by atoms with E-state index in [1.165, 1.54) is 66.2 Å². The van der Waals surface area contributed by atoms with E-state index in [-0.39, 0.29) is 12.1 Å². The van der Waals surface area contributed by atoms with E-state index >= 15 is 0 Å². The second kappa shape index (κ2) is 12.9. The van der Waals surface area contributed by atoms with Crippen LogP contribution in [0.5, 0.6) is 23.0 Å². The zero-order valence-electron chi connectivity index (χ0n) is 32.8. The van der Waals surface area contributed by atoms with E-state index in [1.54, 1.807) is 0 Å². The zero-order valence-corrected chi connectivity index (χ0v) is 32.8. The summed E-state index contributed by atoms with van der Waals surface area (Å²) in [6.45, 7) is 4.79. The van der Waals surface area contributed by atoms with Gasteiger partial charge in [0, 0.05) is 27.6 Å². The molecule has 0 saturated heterocycles. The number of para-hydroxylation sites is 1. The topological polar surface area (TPSA) is 21.7 Å². The summed E-state index contributed by atoms with van der Waals surface area (Å²) in [5.74, 6) is 3.53. The standard InChI is InChI=1S/C55H38BNO2/c1-55(2)44-33-47-52(59-51-29-15-28-50-54(51)56(47)46-26-11-12-27-49(46)58-50)32-43(44)53-42-25-10-9-24-41(42)48(34-45(53)55)57(39-22-13-20-37(30-39)35-16-5-3-6-17-35)40-23-14-21-38(31-40)36-18-7-4-8-19-36/h3-34H,1-2H3. The first-order valence-electron chi connectivity index (χ1n) is 20.4. The summed E-state index contributed by atoms with van der Waals surface area (Å²) in [4.78, 5) is 2.46. The summed E-state index contributed by atoms with van der Waals surface area (Å²) in [7, 11) is 0. The maximum Gasteiger partial charge on any atom is 0.260 e. The van der Waals surface area contributed by atoms with Gasteiger partial charge in [0.25, 0.3) is 6.71 Å². The van der Waals surface area contributed by atoms with Crippen LogP contribution in [0, 0.1) is 0 Å². The molecule has 0 unspecified atom stereocenters. The maximum absolute atomic E-state index is 6.84. The molecule has 0 aromatic heterocycles. The molecule has 0 spiro atoms. The van der Waals surface area contributed by atoms with Gasteiger partial charge in [0.1, 0.15) is 23.0 Å². The summed E-state index contributed by atoms with van der Waals surface area (Å²) in [6.07, 6.45) is 0. The average molecular weight is 756 g/mol. The first kappa shape index (κ1) is 33.8. The number of hydrogen-bond acceptors (Lipinski definition) is 3. The molecule has 3 nitrogen and oxygen atoms in total. The van der Waals surface area contributed by atoms with Crippen LogP contribution in [0.2, 0.25) is 0 Å². The minimum Gasteiger partial charge on any atom is -0.458 e. The van der Waals surface area contributed by atoms with Gasteiger partial charge in [0.15, 0.2) is 0 Å². The van der Waals surface area contributed by atoms with E-state index in [9.17, 15) is 0 Å². The molecule has 3 aliphatic rings. The van der Waals surface area contributed by atoms with Crippen LogP contribution in [0.4, 0.5) is 17.1 Å². The van der Waals surface area contributed by atoms with E-state index in [0.29, 0.717) is 0 Å². The highest BCUT2D eigenvalue weighted by atomic mass is 16.5. The van der Waals surface area contributed by atoms with Gasteiger partial charge in [0.2, 0.25) is 0 Å². The first-order chi connectivity index (χ1) is 29.0. The van der Waals surface area contributed by atoms with Crippen molar-refractivity contribution in [1.29, 1.82) is 0 Å². The Bertz CT molecular complexity index is 3070. The van der Waals surface area contributed by atoms with Crippen molar-refractivity contribution in [3.63, 3.8) is 0 Å². The van der Waals surface area contributed by atoms with Crippen molar-refractivity contribution < 1.29 is 9.47 Å². The van der Waals surface area contributed by atoms with Crippen molar-refractivity contribution in [2.45, 2.75) is 19.3 Å². The quantitative estimate of drug-likeness (QED) is 0.163. The number of hydrogen-bond donors (Lipinski definition) is 0. The van der Waals surface area contributed by atoms with E-state index in [0.717, 1.165) is 45.5 Å². The molecule has 4 heteroatoms. The number of fused-ring (bicyclic) bond motifs is 9. The molecule has 278 valence electrons. The van der Waals surface area contributed by atoms with E-state index in [4.69, 9.17) is 9.47 Å². The Labute approximate surface area is 344 Å². The van der Waals surface area contributed by atoms with Gasteiger partial charge in [-0.25, -0.2) is 0 Å². The highest BCUT2D eigenvalue weighted by Gasteiger charge is 2.44. The van der Waals surface area contributed by atoms with Gasteiger partial charge in [-0.2, -0.15) is 0 Å². The Morgan fingerprint density at radius 1 is 0.424 bits per heavy atom. The monoisotopic (exact) mass is 755 g/mol. The van der Waals surface area contributed by atoms with Gasteiger partial charge in [0.05, 0.1) is 5.69 Å². The minimum atomic E-state index is -0.313. The SMILES string of the molecule is CC1(C)c2cc3c(cc2-c2c1cc(N(c1cccc(-c4ccccc4)c1)c1cccc(-c4ccccc4)c1)c1ccccc21)Oc1cccc2c1B3c1ccccc1O2. The van der Waals surface area contributed by atoms with Crippen LogP contribution < -0.4 is 30.8 Å². The van der Waals surface area contributed by atoms with Crippen LogP contribution in [0.3, 0.4) is 0 Å². The Balaban J connectivity index is 1.09. The Hall–Kier alpha value is -7.30. The van der Waals surface area contributed by atoms with Crippen molar-refractivity contribution in [1.82, 2.24) is 0 Å². The van der Waals surface area contributed by atoms with Gasteiger partial charge in [-0.15, -0.1) is 0 Å². The smallest absolute Gasteiger partial charge is 0.260 e. The Kier molecular flexibility index (Phi) is 7.37. The predicted octanol–water partition coefficient (Wildman–Crippen LogP) is 12.7. The lowest BCUT2D eigenvalue weighted by atomic mass is 9.34. The Morgan fingerprint density at radius 3 is 1.64 bits per heavy atom. The lowest BCUT2D eigenvalue weighted by Crippen LogP contribution is -2.57. The number of nitrogens with zero attached hydrogens (tertiary/aromatic N) is 1. The van der Waals surface area contributed by atoms with Crippen LogP contribution in [-0.4, -0.2) is 6.71 Å². The highest BCUT2D eigenvalue weighted by Crippen LogP contribution is 2.55. The molecule has 1 aliphatic carbocycles. The molecule has 0 amide bonds. The molecule has 59 heavy (non-hydrogen) atoms. The van der Waals surface area contributed by atoms with Crippen LogP contribution in [0.25, 0.3) is 44.2 Å². The van der Waals surface area contributed by atoms with Gasteiger partial charge in [-0.05, 0) is 115 Å². The molecule has 0 N–H and O–H groups in total. The largest absolute Gasteiger partial charge is 0.458 e. The number of ether oxygens (including phenoxy) is 2. The van der Waals surface area contributed by atoms with Gasteiger partial charge in [-0.3, -0.25) is 0 Å². The molecule has 9 aromatic carbocycles. The molecule has 0 atom stereocenters. The fourth-order valence-electron chi connectivity index (χ4n) is 9.96. The van der Waals surface area contributed by atoms with Crippen molar-refractivity contribution >= 4 is 50.9 Å². The molecular formula is C55H38BNO2. The zero-order chi connectivity index (χ0) is 39.2. The summed E-state index contributed by atoms with van der Waals surface area (Å²) < 4.78 is 13.3. The highest BCUT2D eigenvalue weighted by molar-refractivity contribution is 6.98. The molecule has 0 saturated carbocycles. The number of anilines is 3. The number of rotatable bonds is 5. The van der Waals surface area contributed by atoms with E-state index in [1.807, 2.05) is 6.07 Å². The number of benzene rings is 9. The summed E-state index contributed by atoms with van der Waals surface area (Å²) >= 11 is 0. The van der Waals surface area contributed by atoms with Crippen molar-refractivity contribution in [3.8, 4) is 56.4 Å². The molecule has 0 fully saturated rings. The third kappa shape index (κ3) is 5.16. The normalized spacial score (nSPS) is 13.6. The first-order valence-corrected chi connectivity index (χ1v) is 20.4. The van der Waals surface area contributed by atoms with Gasteiger partial charge in [-0.1, -0.05) is 153 Å². The van der Waals surface area contributed by atoms with Crippen molar-refractivity contribution in [2.24, 2.45) is 0 Å². The van der Waals surface area contributed by atoms with Crippen LogP contribution >= 0.6 is 0 Å². The second-order valence-electron chi connectivity index (χ2n) is 16.4. The summed E-state index contributed by atoms with van der Waals surface area (Å²) in [5, 5.41) is 2.42. The summed E-state index contributed by atoms with van der Waals surface area (Å²) in [6, 6.07) is 70.1. The minimum absolute atomic E-state index is 0.0105. The molecule has 9 aromatic rings.